The molecule has 0 amide bonds. The molecule has 0 aromatic heterocycles. The Morgan fingerprint density at radius 2 is 1.17 bits per heavy atom. The smallest absolute Gasteiger partial charge is 0.185 e. The van der Waals surface area contributed by atoms with Gasteiger partial charge in [-0.15, -0.1) is 12.8 Å². The lowest BCUT2D eigenvalue weighted by atomic mass is 10.0. The lowest BCUT2D eigenvalue weighted by Crippen LogP contribution is -2.09. The molecule has 5 aromatic rings. The number of terminal acetylenes is 2. The van der Waals surface area contributed by atoms with Gasteiger partial charge in [0.05, 0.1) is 0 Å². The van der Waals surface area contributed by atoms with Gasteiger partial charge in [0, 0.05) is 44.9 Å². The van der Waals surface area contributed by atoms with Crippen LogP contribution in [0.2, 0.25) is 0 Å². The van der Waals surface area contributed by atoms with Gasteiger partial charge in [0.25, 0.3) is 0 Å². The van der Waals surface area contributed by atoms with Gasteiger partial charge in [-0.05, 0) is 90.5 Å². The van der Waals surface area contributed by atoms with Crippen molar-refractivity contribution < 1.29 is 4.79 Å². The number of carbonyl (C=O) groups excluding carboxylic acids is 1. The third kappa shape index (κ3) is 6.53. The zero-order valence-corrected chi connectivity index (χ0v) is 22.3. The molecule has 41 heavy (non-hydrogen) atoms. The second kappa shape index (κ2) is 12.7. The van der Waals surface area contributed by atoms with E-state index in [-0.39, 0.29) is 5.78 Å². The van der Waals surface area contributed by atoms with Crippen LogP contribution in [0.5, 0.6) is 0 Å². The normalized spacial score (nSPS) is 10.2. The summed E-state index contributed by atoms with van der Waals surface area (Å²) in [5.41, 5.74) is 7.58. The molecule has 0 unspecified atom stereocenters. The molecule has 0 radical (unpaired) electrons. The number of anilines is 3. The first-order valence-electron chi connectivity index (χ1n) is 13.1. The highest BCUT2D eigenvalue weighted by molar-refractivity contribution is 6.06. The Labute approximate surface area is 241 Å². The Balaban J connectivity index is 1.29. The number of ketones is 1. The van der Waals surface area contributed by atoms with Crippen molar-refractivity contribution in [3.8, 4) is 36.5 Å². The molecule has 0 saturated carbocycles. The number of hydrogen-bond donors (Lipinski definition) is 0. The first-order valence-corrected chi connectivity index (χ1v) is 13.1. The van der Waals surface area contributed by atoms with Crippen LogP contribution in [0.25, 0.3) is 6.08 Å². The van der Waals surface area contributed by atoms with Gasteiger partial charge in [-0.25, -0.2) is 0 Å². The fourth-order valence-electron chi connectivity index (χ4n) is 4.32. The molecule has 192 valence electrons. The standard InChI is InChI=1S/C39H25NO/c1-3-30-15-22-33(4-2)35(29-30)25-18-31-16-23-34(24-17-31)39(41)28-21-32-19-26-38(27-20-32)40(36-11-7-5-8-12-36)37-13-9-6-10-14-37/h1-2,5-17,19-24,26-29H. The third-order valence-electron chi connectivity index (χ3n) is 6.46. The lowest BCUT2D eigenvalue weighted by Gasteiger charge is -2.25. The molecule has 0 bridgehead atoms. The molecule has 0 heterocycles. The van der Waals surface area contributed by atoms with E-state index in [1.165, 1.54) is 0 Å². The van der Waals surface area contributed by atoms with Crippen LogP contribution in [0, 0.1) is 36.5 Å². The van der Waals surface area contributed by atoms with Crippen molar-refractivity contribution in [3.05, 3.63) is 167 Å². The Morgan fingerprint density at radius 3 is 1.76 bits per heavy atom. The average Bonchev–Trinajstić information content (AvgIpc) is 3.04. The van der Waals surface area contributed by atoms with Gasteiger partial charge in [0.1, 0.15) is 0 Å². The largest absolute Gasteiger partial charge is 0.311 e. The summed E-state index contributed by atoms with van der Waals surface area (Å²) in [5, 5.41) is 0. The fraction of sp³-hybridized carbons (Fsp3) is 0. The van der Waals surface area contributed by atoms with Gasteiger partial charge in [-0.1, -0.05) is 78.3 Å². The Kier molecular flexibility index (Phi) is 8.23. The summed E-state index contributed by atoms with van der Waals surface area (Å²) >= 11 is 0. The van der Waals surface area contributed by atoms with Crippen molar-refractivity contribution in [3.63, 3.8) is 0 Å². The van der Waals surface area contributed by atoms with Gasteiger partial charge in [-0.2, -0.15) is 0 Å². The summed E-state index contributed by atoms with van der Waals surface area (Å²) in [6.07, 6.45) is 14.5. The third-order valence-corrected chi connectivity index (χ3v) is 6.46. The maximum absolute atomic E-state index is 12.8. The number of carbonyl (C=O) groups is 1. The van der Waals surface area contributed by atoms with Crippen LogP contribution < -0.4 is 4.90 Å². The van der Waals surface area contributed by atoms with Gasteiger partial charge >= 0.3 is 0 Å². The molecule has 5 aromatic carbocycles. The average molecular weight is 524 g/mol. The van der Waals surface area contributed by atoms with E-state index >= 15 is 0 Å². The molecule has 0 atom stereocenters. The van der Waals surface area contributed by atoms with Crippen LogP contribution in [-0.4, -0.2) is 5.78 Å². The first-order chi connectivity index (χ1) is 20.1. The Hall–Kier alpha value is -6.01. The van der Waals surface area contributed by atoms with E-state index in [0.29, 0.717) is 16.7 Å². The highest BCUT2D eigenvalue weighted by atomic mass is 16.1. The van der Waals surface area contributed by atoms with E-state index in [2.05, 4.69) is 65.0 Å². The maximum Gasteiger partial charge on any atom is 0.185 e. The number of rotatable bonds is 6. The zero-order chi connectivity index (χ0) is 28.4. The van der Waals surface area contributed by atoms with Crippen LogP contribution in [0.1, 0.15) is 38.2 Å². The molecule has 0 spiro atoms. The van der Waals surface area contributed by atoms with Gasteiger partial charge in [0.2, 0.25) is 0 Å². The number of allylic oxidation sites excluding steroid dienone is 1. The van der Waals surface area contributed by atoms with Crippen molar-refractivity contribution in [2.75, 3.05) is 4.90 Å². The SMILES string of the molecule is C#Cc1ccc(C#C)c(C#Cc2ccc(C(=O)C=Cc3ccc(N(c4ccccc4)c4ccccc4)cc3)cc2)c1. The Bertz CT molecular complexity index is 1800. The van der Waals surface area contributed by atoms with E-state index in [1.54, 1.807) is 36.4 Å². The molecule has 0 N–H and O–H groups in total. The van der Waals surface area contributed by atoms with Crippen LogP contribution in [0.3, 0.4) is 0 Å². The second-order valence-electron chi connectivity index (χ2n) is 9.17. The monoisotopic (exact) mass is 523 g/mol. The number of benzene rings is 5. The van der Waals surface area contributed by atoms with E-state index < -0.39 is 0 Å². The molecule has 2 heteroatoms. The predicted molar refractivity (Wildman–Crippen MR) is 169 cm³/mol. The minimum absolute atomic E-state index is 0.0832. The van der Waals surface area contributed by atoms with Crippen molar-refractivity contribution in [1.82, 2.24) is 0 Å². The molecule has 0 saturated heterocycles. The summed E-state index contributed by atoms with van der Waals surface area (Å²) < 4.78 is 0. The van der Waals surface area contributed by atoms with E-state index in [1.807, 2.05) is 66.7 Å². The molecule has 0 aliphatic rings. The van der Waals surface area contributed by atoms with E-state index in [0.717, 1.165) is 33.8 Å². The quantitative estimate of drug-likeness (QED) is 0.126. The minimum Gasteiger partial charge on any atom is -0.311 e. The molecule has 2 nitrogen and oxygen atoms in total. The predicted octanol–water partition coefficient (Wildman–Crippen LogP) is 8.41. The van der Waals surface area contributed by atoms with Crippen molar-refractivity contribution in [1.29, 1.82) is 0 Å². The summed E-state index contributed by atoms with van der Waals surface area (Å²) in [6.45, 7) is 0. The molecular weight excluding hydrogens is 498 g/mol. The number of para-hydroxylation sites is 2. The highest BCUT2D eigenvalue weighted by Crippen LogP contribution is 2.34. The van der Waals surface area contributed by atoms with Crippen LogP contribution in [0.15, 0.2) is 133 Å². The van der Waals surface area contributed by atoms with Crippen molar-refractivity contribution in [2.24, 2.45) is 0 Å². The minimum atomic E-state index is -0.0832. The second-order valence-corrected chi connectivity index (χ2v) is 9.17. The zero-order valence-electron chi connectivity index (χ0n) is 22.3. The maximum atomic E-state index is 12.8. The van der Waals surface area contributed by atoms with E-state index in [4.69, 9.17) is 12.8 Å². The van der Waals surface area contributed by atoms with E-state index in [9.17, 15) is 4.79 Å². The van der Waals surface area contributed by atoms with Crippen molar-refractivity contribution >= 4 is 28.9 Å². The van der Waals surface area contributed by atoms with Crippen molar-refractivity contribution in [2.45, 2.75) is 0 Å². The lowest BCUT2D eigenvalue weighted by molar-refractivity contribution is 0.104. The molecular formula is C39H25NO. The van der Waals surface area contributed by atoms with Gasteiger partial charge in [0.15, 0.2) is 5.78 Å². The summed E-state index contributed by atoms with van der Waals surface area (Å²) in [5.74, 6) is 11.3. The fourth-order valence-corrected chi connectivity index (χ4v) is 4.32. The highest BCUT2D eigenvalue weighted by Gasteiger charge is 2.11. The summed E-state index contributed by atoms with van der Waals surface area (Å²) in [6, 6.07) is 41.2. The molecule has 0 aliphatic heterocycles. The molecule has 5 rings (SSSR count). The molecule has 0 fully saturated rings. The Morgan fingerprint density at radius 1 is 0.585 bits per heavy atom. The van der Waals surface area contributed by atoms with Crippen LogP contribution >= 0.6 is 0 Å². The van der Waals surface area contributed by atoms with Gasteiger partial charge in [-0.3, -0.25) is 4.79 Å². The molecule has 0 aliphatic carbocycles. The summed E-state index contributed by atoms with van der Waals surface area (Å²) in [7, 11) is 0. The van der Waals surface area contributed by atoms with Crippen LogP contribution in [0.4, 0.5) is 17.1 Å². The topological polar surface area (TPSA) is 20.3 Å². The summed E-state index contributed by atoms with van der Waals surface area (Å²) in [4.78, 5) is 15.0. The number of hydrogen-bond acceptors (Lipinski definition) is 2. The first kappa shape index (κ1) is 26.6. The van der Waals surface area contributed by atoms with Crippen LogP contribution in [-0.2, 0) is 0 Å². The van der Waals surface area contributed by atoms with Gasteiger partial charge < -0.3 is 4.90 Å². The number of nitrogens with zero attached hydrogens (tertiary/aromatic N) is 1.